The molecule has 0 saturated heterocycles. The Balaban J connectivity index is 2.16. The first-order chi connectivity index (χ1) is 12.1. The minimum Gasteiger partial charge on any atom is -0.349 e. The Bertz CT molecular complexity index is 728. The van der Waals surface area contributed by atoms with Gasteiger partial charge in [0.1, 0.15) is 5.70 Å². The first-order valence-corrected chi connectivity index (χ1v) is 7.97. The monoisotopic (exact) mass is 338 g/mol. The van der Waals surface area contributed by atoms with E-state index in [1.807, 2.05) is 31.1 Å². The second kappa shape index (κ2) is 9.34. The van der Waals surface area contributed by atoms with Gasteiger partial charge in [-0.1, -0.05) is 24.3 Å². The second-order valence-electron chi connectivity index (χ2n) is 5.72. The lowest BCUT2D eigenvalue weighted by Gasteiger charge is -2.13. The summed E-state index contributed by atoms with van der Waals surface area (Å²) < 4.78 is 0. The number of hydrogen-bond acceptors (Lipinski definition) is 4. The minimum atomic E-state index is -0.338. The van der Waals surface area contributed by atoms with Crippen LogP contribution in [0.15, 0.2) is 60.6 Å². The molecule has 6 nitrogen and oxygen atoms in total. The van der Waals surface area contributed by atoms with Crippen molar-refractivity contribution in [2.24, 2.45) is 0 Å². The molecule has 2 aromatic rings. The average Bonchev–Trinajstić information content (AvgIpc) is 2.62. The molecule has 0 spiro atoms. The molecule has 2 N–H and O–H groups in total. The average molecular weight is 338 g/mol. The van der Waals surface area contributed by atoms with Crippen molar-refractivity contribution in [3.05, 3.63) is 71.7 Å². The number of likely N-dealkylation sites (N-methyl/N-ethyl adjacent to an activating group) is 1. The molecule has 0 saturated carbocycles. The van der Waals surface area contributed by atoms with E-state index < -0.39 is 0 Å². The number of benzene rings is 1. The van der Waals surface area contributed by atoms with Crippen LogP contribution in [0.25, 0.3) is 6.08 Å². The fraction of sp³-hybridized carbons (Fsp3) is 0.211. The van der Waals surface area contributed by atoms with Gasteiger partial charge in [-0.15, -0.1) is 0 Å². The molecule has 2 rings (SSSR count). The lowest BCUT2D eigenvalue weighted by molar-refractivity contribution is -0.117. The van der Waals surface area contributed by atoms with Gasteiger partial charge in [0.2, 0.25) is 0 Å². The first-order valence-electron chi connectivity index (χ1n) is 7.97. The standard InChI is InChI=1S/C19H22N4O2/c1-23(2)12-11-21-19(25)17(13-15-7-6-10-20-14-15)22-18(24)16-8-4-3-5-9-16/h3-10,13-14H,11-12H2,1-2H3,(H,21,25)(H,22,24)/b17-13-. The molecular formula is C19H22N4O2. The number of aromatic nitrogens is 1. The highest BCUT2D eigenvalue weighted by Crippen LogP contribution is 2.06. The SMILES string of the molecule is CN(C)CCNC(=O)/C(=C/c1cccnc1)NC(=O)c1ccccc1. The van der Waals surface area contributed by atoms with E-state index in [1.54, 1.807) is 48.8 Å². The summed E-state index contributed by atoms with van der Waals surface area (Å²) in [5.41, 5.74) is 1.40. The molecule has 1 aromatic heterocycles. The van der Waals surface area contributed by atoms with Crippen LogP contribution < -0.4 is 10.6 Å². The first kappa shape index (κ1) is 18.4. The van der Waals surface area contributed by atoms with Gasteiger partial charge in [0, 0.05) is 31.0 Å². The largest absolute Gasteiger partial charge is 0.349 e. The second-order valence-corrected chi connectivity index (χ2v) is 5.72. The summed E-state index contributed by atoms with van der Waals surface area (Å²) in [4.78, 5) is 30.8. The smallest absolute Gasteiger partial charge is 0.267 e. The topological polar surface area (TPSA) is 74.3 Å². The zero-order valence-corrected chi connectivity index (χ0v) is 14.4. The highest BCUT2D eigenvalue weighted by atomic mass is 16.2. The van der Waals surface area contributed by atoms with Gasteiger partial charge in [0.05, 0.1) is 0 Å². The van der Waals surface area contributed by atoms with Crippen LogP contribution in [-0.4, -0.2) is 48.9 Å². The van der Waals surface area contributed by atoms with Crippen LogP contribution >= 0.6 is 0 Å². The van der Waals surface area contributed by atoms with Crippen molar-refractivity contribution in [3.63, 3.8) is 0 Å². The fourth-order valence-electron chi connectivity index (χ4n) is 2.06. The summed E-state index contributed by atoms with van der Waals surface area (Å²) in [6.45, 7) is 1.19. The van der Waals surface area contributed by atoms with Crippen LogP contribution in [0.5, 0.6) is 0 Å². The van der Waals surface area contributed by atoms with E-state index in [1.165, 1.54) is 0 Å². The predicted octanol–water partition coefficient (Wildman–Crippen LogP) is 1.53. The Morgan fingerprint density at radius 1 is 1.12 bits per heavy atom. The Hall–Kier alpha value is -2.99. The molecular weight excluding hydrogens is 316 g/mol. The maximum atomic E-state index is 12.5. The molecule has 2 amide bonds. The molecule has 130 valence electrons. The molecule has 25 heavy (non-hydrogen) atoms. The van der Waals surface area contributed by atoms with E-state index >= 15 is 0 Å². The third-order valence-corrected chi connectivity index (χ3v) is 3.37. The van der Waals surface area contributed by atoms with Crippen molar-refractivity contribution in [2.75, 3.05) is 27.2 Å². The summed E-state index contributed by atoms with van der Waals surface area (Å²) >= 11 is 0. The van der Waals surface area contributed by atoms with Gasteiger partial charge >= 0.3 is 0 Å². The van der Waals surface area contributed by atoms with Crippen LogP contribution in [-0.2, 0) is 4.79 Å². The lowest BCUT2D eigenvalue weighted by Crippen LogP contribution is -2.37. The number of pyridine rings is 1. The molecule has 0 aliphatic rings. The molecule has 0 radical (unpaired) electrons. The number of amides is 2. The summed E-state index contributed by atoms with van der Waals surface area (Å²) in [5, 5.41) is 5.50. The van der Waals surface area contributed by atoms with Gasteiger partial charge in [-0.25, -0.2) is 0 Å². The zero-order chi connectivity index (χ0) is 18.1. The van der Waals surface area contributed by atoms with Crippen LogP contribution in [0.1, 0.15) is 15.9 Å². The molecule has 6 heteroatoms. The van der Waals surface area contributed by atoms with Crippen molar-refractivity contribution in [1.82, 2.24) is 20.5 Å². The molecule has 1 heterocycles. The Morgan fingerprint density at radius 2 is 1.88 bits per heavy atom. The normalized spacial score (nSPS) is 11.2. The number of nitrogens with one attached hydrogen (secondary N) is 2. The Kier molecular flexibility index (Phi) is 6.86. The van der Waals surface area contributed by atoms with Crippen molar-refractivity contribution in [3.8, 4) is 0 Å². The van der Waals surface area contributed by atoms with Crippen LogP contribution in [0.3, 0.4) is 0 Å². The van der Waals surface area contributed by atoms with E-state index in [9.17, 15) is 9.59 Å². The summed E-state index contributed by atoms with van der Waals surface area (Å²) in [6, 6.07) is 12.4. The lowest BCUT2D eigenvalue weighted by atomic mass is 10.2. The Labute approximate surface area is 147 Å². The van der Waals surface area contributed by atoms with Gasteiger partial charge < -0.3 is 15.5 Å². The summed E-state index contributed by atoms with van der Waals surface area (Å²) in [7, 11) is 3.85. The quantitative estimate of drug-likeness (QED) is 0.751. The maximum absolute atomic E-state index is 12.5. The van der Waals surface area contributed by atoms with Crippen molar-refractivity contribution in [1.29, 1.82) is 0 Å². The van der Waals surface area contributed by atoms with Crippen LogP contribution in [0.4, 0.5) is 0 Å². The number of carbonyl (C=O) groups is 2. The van der Waals surface area contributed by atoms with E-state index in [0.29, 0.717) is 18.7 Å². The highest BCUT2D eigenvalue weighted by molar-refractivity contribution is 6.05. The number of nitrogens with zero attached hydrogens (tertiary/aromatic N) is 2. The maximum Gasteiger partial charge on any atom is 0.267 e. The van der Waals surface area contributed by atoms with E-state index in [0.717, 1.165) is 5.56 Å². The Morgan fingerprint density at radius 3 is 2.52 bits per heavy atom. The van der Waals surface area contributed by atoms with Crippen molar-refractivity contribution in [2.45, 2.75) is 0 Å². The van der Waals surface area contributed by atoms with E-state index in [2.05, 4.69) is 15.6 Å². The molecule has 0 atom stereocenters. The van der Waals surface area contributed by atoms with Gasteiger partial charge in [0.15, 0.2) is 0 Å². The van der Waals surface area contributed by atoms with E-state index in [-0.39, 0.29) is 17.5 Å². The van der Waals surface area contributed by atoms with Gasteiger partial charge in [0.25, 0.3) is 11.8 Å². The third-order valence-electron chi connectivity index (χ3n) is 3.37. The fourth-order valence-corrected chi connectivity index (χ4v) is 2.06. The van der Waals surface area contributed by atoms with Crippen molar-refractivity contribution >= 4 is 17.9 Å². The van der Waals surface area contributed by atoms with Crippen LogP contribution in [0.2, 0.25) is 0 Å². The number of rotatable bonds is 7. The third kappa shape index (κ3) is 6.19. The number of hydrogen-bond donors (Lipinski definition) is 2. The minimum absolute atomic E-state index is 0.181. The molecule has 0 fully saturated rings. The van der Waals surface area contributed by atoms with Crippen molar-refractivity contribution < 1.29 is 9.59 Å². The molecule has 0 aliphatic carbocycles. The summed E-state index contributed by atoms with van der Waals surface area (Å²) in [5.74, 6) is -0.673. The van der Waals surface area contributed by atoms with Crippen LogP contribution in [0, 0.1) is 0 Å². The molecule has 1 aromatic carbocycles. The molecule has 0 unspecified atom stereocenters. The molecule has 0 aliphatic heterocycles. The van der Waals surface area contributed by atoms with Gasteiger partial charge in [-0.2, -0.15) is 0 Å². The zero-order valence-electron chi connectivity index (χ0n) is 14.4. The number of carbonyl (C=O) groups excluding carboxylic acids is 2. The predicted molar refractivity (Wildman–Crippen MR) is 97.7 cm³/mol. The van der Waals surface area contributed by atoms with Gasteiger partial charge in [-0.3, -0.25) is 14.6 Å². The van der Waals surface area contributed by atoms with Gasteiger partial charge in [-0.05, 0) is 43.9 Å². The molecule has 0 bridgehead atoms. The highest BCUT2D eigenvalue weighted by Gasteiger charge is 2.14. The van der Waals surface area contributed by atoms with E-state index in [4.69, 9.17) is 0 Å². The summed E-state index contributed by atoms with van der Waals surface area (Å²) in [6.07, 6.45) is 4.89.